The number of aromatic carboxylic acids is 1. The number of benzene rings is 3. The second-order valence-corrected chi connectivity index (χ2v) is 10.2. The Hall–Kier alpha value is -4.66. The number of ether oxygens (including phenoxy) is 2. The van der Waals surface area contributed by atoms with Crippen LogP contribution < -0.4 is 10.2 Å². The summed E-state index contributed by atoms with van der Waals surface area (Å²) in [6.45, 7) is 2.38. The van der Waals surface area contributed by atoms with Crippen molar-refractivity contribution in [2.75, 3.05) is 7.11 Å². The van der Waals surface area contributed by atoms with Gasteiger partial charge in [0.25, 0.3) is 0 Å². The zero-order valence-corrected chi connectivity index (χ0v) is 22.0. The summed E-state index contributed by atoms with van der Waals surface area (Å²) in [5, 5.41) is 9.53. The quantitative estimate of drug-likeness (QED) is 0.318. The second kappa shape index (κ2) is 9.82. The predicted molar refractivity (Wildman–Crippen MR) is 146 cm³/mol. The second-order valence-electron chi connectivity index (χ2n) is 10.2. The van der Waals surface area contributed by atoms with E-state index in [1.54, 1.807) is 15.5 Å². The SMILES string of the molecule is COc1c(-c2ccc3c(c2)CN(C(=O)OCc2ccccc2)C3C)c(F)cc2c(=O)c(C(=O)O)cn(C3CC3)c12. The normalized spacial score (nSPS) is 16.2. The number of carbonyl (C=O) groups excluding carboxylic acids is 1. The van der Waals surface area contributed by atoms with Crippen LogP contribution in [-0.2, 0) is 17.9 Å². The Morgan fingerprint density at radius 2 is 1.85 bits per heavy atom. The Labute approximate surface area is 229 Å². The van der Waals surface area contributed by atoms with Crippen molar-refractivity contribution in [1.82, 2.24) is 9.47 Å². The topological polar surface area (TPSA) is 98.1 Å². The fourth-order valence-corrected chi connectivity index (χ4v) is 5.53. The molecule has 9 heteroatoms. The molecule has 0 saturated heterocycles. The van der Waals surface area contributed by atoms with E-state index in [4.69, 9.17) is 9.47 Å². The Balaban J connectivity index is 1.38. The summed E-state index contributed by atoms with van der Waals surface area (Å²) in [5.41, 5.74) is 2.59. The summed E-state index contributed by atoms with van der Waals surface area (Å²) in [4.78, 5) is 39.3. The number of aromatic nitrogens is 1. The highest BCUT2D eigenvalue weighted by molar-refractivity contribution is 5.98. The molecule has 2 heterocycles. The third-order valence-electron chi connectivity index (χ3n) is 7.73. The molecule has 1 aliphatic heterocycles. The molecule has 0 radical (unpaired) electrons. The van der Waals surface area contributed by atoms with E-state index in [-0.39, 0.29) is 35.4 Å². The van der Waals surface area contributed by atoms with Crippen LogP contribution in [0.4, 0.5) is 9.18 Å². The third kappa shape index (κ3) is 4.27. The molecule has 8 nitrogen and oxygen atoms in total. The molecule has 1 N–H and O–H groups in total. The van der Waals surface area contributed by atoms with Gasteiger partial charge in [0.1, 0.15) is 18.0 Å². The maximum atomic E-state index is 15.7. The number of nitrogens with zero attached hydrogens (tertiary/aromatic N) is 2. The van der Waals surface area contributed by atoms with Gasteiger partial charge in [-0.2, -0.15) is 0 Å². The van der Waals surface area contributed by atoms with Crippen molar-refractivity contribution < 1.29 is 28.6 Å². The molecule has 1 aliphatic carbocycles. The molecule has 0 bridgehead atoms. The molecule has 4 aromatic rings. The number of amides is 1. The van der Waals surface area contributed by atoms with Gasteiger partial charge in [0.15, 0.2) is 5.75 Å². The minimum atomic E-state index is -1.36. The highest BCUT2D eigenvalue weighted by atomic mass is 19.1. The van der Waals surface area contributed by atoms with Crippen molar-refractivity contribution in [3.8, 4) is 16.9 Å². The Kier molecular flexibility index (Phi) is 6.29. The number of hydrogen-bond donors (Lipinski definition) is 1. The molecule has 1 amide bonds. The molecule has 2 aliphatic rings. The fourth-order valence-electron chi connectivity index (χ4n) is 5.53. The van der Waals surface area contributed by atoms with Crippen LogP contribution in [0, 0.1) is 5.82 Å². The summed E-state index contributed by atoms with van der Waals surface area (Å²) in [5.74, 6) is -1.89. The van der Waals surface area contributed by atoms with E-state index in [0.717, 1.165) is 35.6 Å². The summed E-state index contributed by atoms with van der Waals surface area (Å²) >= 11 is 0. The fraction of sp³-hybridized carbons (Fsp3) is 0.258. The monoisotopic (exact) mass is 542 g/mol. The van der Waals surface area contributed by atoms with Gasteiger partial charge in [0, 0.05) is 18.8 Å². The van der Waals surface area contributed by atoms with Crippen molar-refractivity contribution in [1.29, 1.82) is 0 Å². The zero-order chi connectivity index (χ0) is 28.1. The lowest BCUT2D eigenvalue weighted by Crippen LogP contribution is -2.28. The number of carbonyl (C=O) groups is 2. The number of carboxylic acid groups (broad SMARTS) is 1. The van der Waals surface area contributed by atoms with Gasteiger partial charge < -0.3 is 19.1 Å². The van der Waals surface area contributed by atoms with Crippen LogP contribution in [-0.4, -0.2) is 33.7 Å². The van der Waals surface area contributed by atoms with Crippen molar-refractivity contribution in [3.63, 3.8) is 0 Å². The minimum absolute atomic E-state index is 0.00439. The van der Waals surface area contributed by atoms with Gasteiger partial charge in [-0.15, -0.1) is 0 Å². The van der Waals surface area contributed by atoms with Crippen LogP contribution in [0.5, 0.6) is 5.75 Å². The van der Waals surface area contributed by atoms with E-state index in [0.29, 0.717) is 17.6 Å². The minimum Gasteiger partial charge on any atom is -0.494 e. The van der Waals surface area contributed by atoms with Crippen molar-refractivity contribution in [2.45, 2.75) is 45.0 Å². The smallest absolute Gasteiger partial charge is 0.410 e. The predicted octanol–water partition coefficient (Wildman–Crippen LogP) is 6.06. The van der Waals surface area contributed by atoms with E-state index in [1.165, 1.54) is 13.3 Å². The summed E-state index contributed by atoms with van der Waals surface area (Å²) in [6, 6.07) is 15.8. The lowest BCUT2D eigenvalue weighted by molar-refractivity contribution is 0.0694. The molecule has 1 fully saturated rings. The number of rotatable bonds is 6. The standard InChI is InChI=1S/C31H27FN2O6/c1-17-22-11-8-19(12-20(22)14-33(17)31(38)40-16-18-6-4-3-5-7-18)26-25(32)13-23-27(29(26)39-2)34(21-9-10-21)15-24(28(23)35)30(36)37/h3-8,11-13,15,17,21H,9-10,14,16H2,1-2H3,(H,36,37). The van der Waals surface area contributed by atoms with Gasteiger partial charge in [-0.05, 0) is 54.2 Å². The van der Waals surface area contributed by atoms with Gasteiger partial charge >= 0.3 is 12.1 Å². The first kappa shape index (κ1) is 25.6. The van der Waals surface area contributed by atoms with Crippen LogP contribution in [0.3, 0.4) is 0 Å². The summed E-state index contributed by atoms with van der Waals surface area (Å²) in [7, 11) is 1.41. The molecular formula is C31H27FN2O6. The van der Waals surface area contributed by atoms with Gasteiger partial charge in [0.05, 0.1) is 29.6 Å². The van der Waals surface area contributed by atoms with Crippen molar-refractivity contribution in [2.24, 2.45) is 0 Å². The third-order valence-corrected chi connectivity index (χ3v) is 7.73. The lowest BCUT2D eigenvalue weighted by Gasteiger charge is -2.21. The highest BCUT2D eigenvalue weighted by Gasteiger charge is 2.33. The number of methoxy groups -OCH3 is 1. The Bertz CT molecular complexity index is 1730. The molecule has 204 valence electrons. The first-order chi connectivity index (χ1) is 19.3. The zero-order valence-electron chi connectivity index (χ0n) is 22.0. The highest BCUT2D eigenvalue weighted by Crippen LogP contribution is 2.45. The van der Waals surface area contributed by atoms with Gasteiger partial charge in [0.2, 0.25) is 5.43 Å². The molecule has 1 atom stereocenters. The number of hydrogen-bond acceptors (Lipinski definition) is 5. The van der Waals surface area contributed by atoms with E-state index >= 15 is 4.39 Å². The maximum Gasteiger partial charge on any atom is 0.410 e. The van der Waals surface area contributed by atoms with Crippen LogP contribution in [0.25, 0.3) is 22.0 Å². The summed E-state index contributed by atoms with van der Waals surface area (Å²) in [6.07, 6.45) is 2.53. The first-order valence-electron chi connectivity index (χ1n) is 13.1. The molecule has 6 rings (SSSR count). The average Bonchev–Trinajstić information content (AvgIpc) is 3.74. The number of pyridine rings is 1. The van der Waals surface area contributed by atoms with Gasteiger partial charge in [-0.3, -0.25) is 9.69 Å². The number of fused-ring (bicyclic) bond motifs is 2. The maximum absolute atomic E-state index is 15.7. The van der Waals surface area contributed by atoms with Crippen LogP contribution in [0.1, 0.15) is 58.9 Å². The van der Waals surface area contributed by atoms with Crippen LogP contribution >= 0.6 is 0 Å². The average molecular weight is 543 g/mol. The van der Waals surface area contributed by atoms with Crippen molar-refractivity contribution in [3.05, 3.63) is 99.1 Å². The summed E-state index contributed by atoms with van der Waals surface area (Å²) < 4.78 is 28.7. The van der Waals surface area contributed by atoms with Gasteiger partial charge in [-0.1, -0.05) is 42.5 Å². The lowest BCUT2D eigenvalue weighted by atomic mass is 9.96. The Morgan fingerprint density at radius 3 is 2.52 bits per heavy atom. The van der Waals surface area contributed by atoms with Crippen LogP contribution in [0.15, 0.2) is 65.6 Å². The molecule has 1 saturated carbocycles. The molecule has 1 unspecified atom stereocenters. The van der Waals surface area contributed by atoms with E-state index in [1.807, 2.05) is 49.4 Å². The van der Waals surface area contributed by atoms with E-state index in [2.05, 4.69) is 0 Å². The van der Waals surface area contributed by atoms with Crippen molar-refractivity contribution >= 4 is 23.0 Å². The van der Waals surface area contributed by atoms with E-state index in [9.17, 15) is 19.5 Å². The first-order valence-corrected chi connectivity index (χ1v) is 13.1. The van der Waals surface area contributed by atoms with Gasteiger partial charge in [-0.25, -0.2) is 14.0 Å². The molecular weight excluding hydrogens is 515 g/mol. The molecule has 0 spiro atoms. The number of halogens is 1. The molecule has 1 aromatic heterocycles. The largest absolute Gasteiger partial charge is 0.494 e. The molecule has 40 heavy (non-hydrogen) atoms. The Morgan fingerprint density at radius 1 is 1.10 bits per heavy atom. The van der Waals surface area contributed by atoms with E-state index < -0.39 is 28.9 Å². The number of carboxylic acids is 1. The van der Waals surface area contributed by atoms with Crippen LogP contribution in [0.2, 0.25) is 0 Å². The molecule has 3 aromatic carbocycles.